The predicted octanol–water partition coefficient (Wildman–Crippen LogP) is 2.66. The maximum atomic E-state index is 8.67. The maximum absolute atomic E-state index is 8.67. The summed E-state index contributed by atoms with van der Waals surface area (Å²) in [5, 5.41) is 11.8. The maximum Gasteiger partial charge on any atom is 0.140 e. The first-order valence-corrected chi connectivity index (χ1v) is 7.09. The summed E-state index contributed by atoms with van der Waals surface area (Å²) in [6.07, 6.45) is 4.25. The second kappa shape index (κ2) is 6.41. The van der Waals surface area contributed by atoms with Crippen molar-refractivity contribution in [3.8, 4) is 0 Å². The Morgan fingerprint density at radius 3 is 2.33 bits per heavy atom. The third-order valence-electron chi connectivity index (χ3n) is 4.32. The number of likely N-dealkylation sites (tertiary alicyclic amines) is 1. The van der Waals surface area contributed by atoms with Crippen LogP contribution in [0.1, 0.15) is 53.4 Å². The van der Waals surface area contributed by atoms with Gasteiger partial charge in [-0.25, -0.2) is 0 Å². The van der Waals surface area contributed by atoms with Crippen LogP contribution in [-0.2, 0) is 0 Å². The molecule has 0 aromatic rings. The first kappa shape index (κ1) is 15.3. The molecule has 1 heterocycles. The van der Waals surface area contributed by atoms with E-state index in [2.05, 4.69) is 37.8 Å². The summed E-state index contributed by atoms with van der Waals surface area (Å²) in [5.74, 6) is 1.16. The van der Waals surface area contributed by atoms with Gasteiger partial charge in [0.1, 0.15) is 5.84 Å². The molecule has 0 radical (unpaired) electrons. The van der Waals surface area contributed by atoms with Crippen LogP contribution in [0, 0.1) is 11.3 Å². The number of nitrogens with two attached hydrogens (primary N) is 1. The largest absolute Gasteiger partial charge is 0.409 e. The summed E-state index contributed by atoms with van der Waals surface area (Å²) in [7, 11) is 0. The lowest BCUT2D eigenvalue weighted by Crippen LogP contribution is -2.44. The highest BCUT2D eigenvalue weighted by atomic mass is 16.4. The van der Waals surface area contributed by atoms with Crippen molar-refractivity contribution in [2.45, 2.75) is 59.4 Å². The molecular formula is C14H29N3O. The van der Waals surface area contributed by atoms with Crippen molar-refractivity contribution < 1.29 is 5.21 Å². The summed E-state index contributed by atoms with van der Waals surface area (Å²) in [5.41, 5.74) is 6.04. The van der Waals surface area contributed by atoms with Crippen molar-refractivity contribution in [1.82, 2.24) is 4.90 Å². The molecule has 106 valence electrons. The summed E-state index contributed by atoms with van der Waals surface area (Å²) in [6, 6.07) is 0.418. The normalized spacial score (nSPS) is 22.1. The van der Waals surface area contributed by atoms with E-state index in [1.54, 1.807) is 0 Å². The van der Waals surface area contributed by atoms with E-state index in [1.165, 1.54) is 12.8 Å². The fourth-order valence-corrected chi connectivity index (χ4v) is 2.94. The Morgan fingerprint density at radius 1 is 1.39 bits per heavy atom. The van der Waals surface area contributed by atoms with Crippen LogP contribution >= 0.6 is 0 Å². The average molecular weight is 255 g/mol. The second-order valence-electron chi connectivity index (χ2n) is 6.53. The molecule has 1 unspecified atom stereocenters. The molecule has 0 aromatic carbocycles. The Morgan fingerprint density at radius 2 is 1.94 bits per heavy atom. The average Bonchev–Trinajstić information content (AvgIpc) is 2.34. The Labute approximate surface area is 111 Å². The van der Waals surface area contributed by atoms with Crippen molar-refractivity contribution >= 4 is 5.84 Å². The van der Waals surface area contributed by atoms with Crippen LogP contribution in [0.25, 0.3) is 0 Å². The minimum Gasteiger partial charge on any atom is -0.409 e. The molecule has 1 aliphatic rings. The van der Waals surface area contributed by atoms with E-state index in [0.717, 1.165) is 25.4 Å². The van der Waals surface area contributed by atoms with Gasteiger partial charge in [-0.2, -0.15) is 0 Å². The van der Waals surface area contributed by atoms with Crippen LogP contribution in [-0.4, -0.2) is 35.1 Å². The number of amidine groups is 1. The van der Waals surface area contributed by atoms with Gasteiger partial charge in [-0.1, -0.05) is 32.9 Å². The van der Waals surface area contributed by atoms with Gasteiger partial charge in [-0.05, 0) is 43.7 Å². The minimum absolute atomic E-state index is 0.347. The van der Waals surface area contributed by atoms with E-state index >= 15 is 0 Å². The fourth-order valence-electron chi connectivity index (χ4n) is 2.94. The highest BCUT2D eigenvalue weighted by Crippen LogP contribution is 2.35. The van der Waals surface area contributed by atoms with Crippen LogP contribution in [0.15, 0.2) is 5.16 Å². The zero-order chi connectivity index (χ0) is 13.8. The lowest BCUT2D eigenvalue weighted by atomic mass is 9.75. The summed E-state index contributed by atoms with van der Waals surface area (Å²) in [4.78, 5) is 2.50. The van der Waals surface area contributed by atoms with Gasteiger partial charge in [-0.15, -0.1) is 0 Å². The molecule has 4 nitrogen and oxygen atoms in total. The van der Waals surface area contributed by atoms with E-state index in [-0.39, 0.29) is 0 Å². The van der Waals surface area contributed by atoms with Crippen LogP contribution < -0.4 is 5.73 Å². The van der Waals surface area contributed by atoms with Gasteiger partial charge >= 0.3 is 0 Å². The molecule has 4 heteroatoms. The zero-order valence-corrected chi connectivity index (χ0v) is 12.3. The van der Waals surface area contributed by atoms with Crippen molar-refractivity contribution in [3.63, 3.8) is 0 Å². The highest BCUT2D eigenvalue weighted by Gasteiger charge is 2.30. The highest BCUT2D eigenvalue weighted by molar-refractivity contribution is 5.80. The smallest absolute Gasteiger partial charge is 0.140 e. The monoisotopic (exact) mass is 255 g/mol. The van der Waals surface area contributed by atoms with E-state index in [0.29, 0.717) is 23.7 Å². The lowest BCUT2D eigenvalue weighted by molar-refractivity contribution is 0.0827. The molecule has 0 saturated carbocycles. The van der Waals surface area contributed by atoms with Crippen molar-refractivity contribution in [2.75, 3.05) is 13.1 Å². The summed E-state index contributed by atoms with van der Waals surface area (Å²) in [6.45, 7) is 11.5. The van der Waals surface area contributed by atoms with Crippen molar-refractivity contribution in [3.05, 3.63) is 0 Å². The predicted molar refractivity (Wildman–Crippen MR) is 75.9 cm³/mol. The van der Waals surface area contributed by atoms with Crippen LogP contribution in [0.5, 0.6) is 0 Å². The number of nitrogens with zero attached hydrogens (tertiary/aromatic N) is 2. The summed E-state index contributed by atoms with van der Waals surface area (Å²) < 4.78 is 0. The molecule has 0 aliphatic carbocycles. The number of oxime groups is 1. The van der Waals surface area contributed by atoms with Gasteiger partial charge in [0.15, 0.2) is 0 Å². The molecule has 1 saturated heterocycles. The van der Waals surface area contributed by atoms with Gasteiger partial charge in [-0.3, -0.25) is 4.90 Å². The first-order chi connectivity index (χ1) is 8.38. The Bertz CT molecular complexity index is 275. The molecule has 0 spiro atoms. The Kier molecular flexibility index (Phi) is 5.45. The fraction of sp³-hybridized carbons (Fsp3) is 0.929. The summed E-state index contributed by atoms with van der Waals surface area (Å²) >= 11 is 0. The number of hydrogen-bond donors (Lipinski definition) is 2. The molecule has 1 aliphatic heterocycles. The van der Waals surface area contributed by atoms with Crippen molar-refractivity contribution in [1.29, 1.82) is 0 Å². The number of hydrogen-bond acceptors (Lipinski definition) is 3. The second-order valence-corrected chi connectivity index (χ2v) is 6.53. The van der Waals surface area contributed by atoms with Gasteiger partial charge in [0.2, 0.25) is 0 Å². The van der Waals surface area contributed by atoms with Crippen LogP contribution in [0.2, 0.25) is 0 Å². The molecule has 0 bridgehead atoms. The van der Waals surface area contributed by atoms with Gasteiger partial charge in [0.25, 0.3) is 0 Å². The molecule has 18 heavy (non-hydrogen) atoms. The molecule has 1 fully saturated rings. The number of rotatable bonds is 4. The van der Waals surface area contributed by atoms with Crippen LogP contribution in [0.3, 0.4) is 0 Å². The molecule has 0 aromatic heterocycles. The van der Waals surface area contributed by atoms with Gasteiger partial charge in [0, 0.05) is 12.5 Å². The SMILES string of the molecule is CCC(CC(N)=NO)N1CCC(C(C)(C)C)CC1. The Hall–Kier alpha value is -0.770. The Balaban J connectivity index is 2.50. The lowest BCUT2D eigenvalue weighted by Gasteiger charge is -2.41. The van der Waals surface area contributed by atoms with E-state index in [1.807, 2.05) is 0 Å². The van der Waals surface area contributed by atoms with E-state index in [9.17, 15) is 0 Å². The third-order valence-corrected chi connectivity index (χ3v) is 4.32. The minimum atomic E-state index is 0.347. The van der Waals surface area contributed by atoms with Crippen LogP contribution in [0.4, 0.5) is 0 Å². The number of piperidine rings is 1. The van der Waals surface area contributed by atoms with Gasteiger partial charge in [0.05, 0.1) is 0 Å². The molecule has 1 atom stereocenters. The molecule has 3 N–H and O–H groups in total. The molecule has 0 amide bonds. The molecular weight excluding hydrogens is 226 g/mol. The van der Waals surface area contributed by atoms with E-state index in [4.69, 9.17) is 10.9 Å². The third kappa shape index (κ3) is 4.16. The molecule has 1 rings (SSSR count). The van der Waals surface area contributed by atoms with E-state index < -0.39 is 0 Å². The van der Waals surface area contributed by atoms with Gasteiger partial charge < -0.3 is 10.9 Å². The standard InChI is InChI=1S/C14H29N3O/c1-5-12(10-13(15)16-18)17-8-6-11(7-9-17)14(2,3)4/h11-12,18H,5-10H2,1-4H3,(H2,15,16). The zero-order valence-electron chi connectivity index (χ0n) is 12.3. The quantitative estimate of drug-likeness (QED) is 0.351. The topological polar surface area (TPSA) is 61.9 Å². The van der Waals surface area contributed by atoms with Crippen molar-refractivity contribution in [2.24, 2.45) is 22.2 Å². The first-order valence-electron chi connectivity index (χ1n) is 7.09.